The Morgan fingerprint density at radius 1 is 1.50 bits per heavy atom. The van der Waals surface area contributed by atoms with Crippen molar-refractivity contribution >= 4 is 17.7 Å². The Labute approximate surface area is 106 Å². The molecule has 0 aliphatic heterocycles. The molecule has 6 nitrogen and oxygen atoms in total. The lowest BCUT2D eigenvalue weighted by Gasteiger charge is -2.19. The van der Waals surface area contributed by atoms with Crippen molar-refractivity contribution in [1.82, 2.24) is 4.98 Å². The number of rotatable bonds is 6. The molecule has 1 aromatic rings. The molecule has 6 heteroatoms. The van der Waals surface area contributed by atoms with E-state index in [2.05, 4.69) is 4.98 Å². The Bertz CT molecular complexity index is 434. The van der Waals surface area contributed by atoms with Crippen molar-refractivity contribution < 1.29 is 14.3 Å². The second-order valence-corrected chi connectivity index (χ2v) is 3.72. The lowest BCUT2D eigenvalue weighted by molar-refractivity contribution is -0.142. The van der Waals surface area contributed by atoms with E-state index < -0.39 is 5.91 Å². The molecule has 0 aliphatic rings. The molecule has 0 unspecified atom stereocenters. The molecular formula is C12H17N3O3. The molecule has 1 amide bonds. The van der Waals surface area contributed by atoms with Crippen LogP contribution in [-0.4, -0.2) is 37.1 Å². The molecule has 98 valence electrons. The van der Waals surface area contributed by atoms with Crippen molar-refractivity contribution in [3.05, 3.63) is 23.9 Å². The predicted octanol–water partition coefficient (Wildman–Crippen LogP) is 0.570. The van der Waals surface area contributed by atoms with Gasteiger partial charge in [-0.15, -0.1) is 0 Å². The van der Waals surface area contributed by atoms with Crippen LogP contribution in [-0.2, 0) is 9.53 Å². The summed E-state index contributed by atoms with van der Waals surface area (Å²) in [6.45, 7) is 2.53. The first-order valence-corrected chi connectivity index (χ1v) is 5.67. The van der Waals surface area contributed by atoms with Crippen LogP contribution in [0.1, 0.15) is 23.7 Å². The quantitative estimate of drug-likeness (QED) is 0.747. The number of primary amides is 1. The summed E-state index contributed by atoms with van der Waals surface area (Å²) in [6, 6.07) is 3.24. The van der Waals surface area contributed by atoms with E-state index in [0.717, 1.165) is 0 Å². The Balaban J connectivity index is 2.69. The molecule has 1 rings (SSSR count). The Morgan fingerprint density at radius 2 is 2.22 bits per heavy atom. The summed E-state index contributed by atoms with van der Waals surface area (Å²) in [5, 5.41) is 0. The Kier molecular flexibility index (Phi) is 5.10. The average Bonchev–Trinajstić information content (AvgIpc) is 2.36. The maximum atomic E-state index is 11.2. The van der Waals surface area contributed by atoms with E-state index in [4.69, 9.17) is 10.5 Å². The Morgan fingerprint density at radius 3 is 2.83 bits per heavy atom. The van der Waals surface area contributed by atoms with Crippen molar-refractivity contribution in [1.29, 1.82) is 0 Å². The fourth-order valence-electron chi connectivity index (χ4n) is 1.49. The number of nitrogens with zero attached hydrogens (tertiary/aromatic N) is 2. The Hall–Kier alpha value is -2.11. The normalized spacial score (nSPS) is 9.89. The molecule has 0 aromatic carbocycles. The van der Waals surface area contributed by atoms with Gasteiger partial charge in [0, 0.05) is 19.8 Å². The predicted molar refractivity (Wildman–Crippen MR) is 67.3 cm³/mol. The first-order chi connectivity index (χ1) is 8.56. The number of ether oxygens (including phenoxy) is 1. The van der Waals surface area contributed by atoms with Crippen molar-refractivity contribution in [2.75, 3.05) is 25.1 Å². The highest BCUT2D eigenvalue weighted by atomic mass is 16.5. The van der Waals surface area contributed by atoms with E-state index in [1.54, 1.807) is 37.2 Å². The third-order valence-electron chi connectivity index (χ3n) is 2.37. The molecule has 1 heterocycles. The number of anilines is 1. The molecule has 1 aromatic heterocycles. The molecule has 0 radical (unpaired) electrons. The van der Waals surface area contributed by atoms with Crippen LogP contribution in [0.4, 0.5) is 5.82 Å². The fraction of sp³-hybridized carbons (Fsp3) is 0.417. The first-order valence-electron chi connectivity index (χ1n) is 5.67. The highest BCUT2D eigenvalue weighted by Gasteiger charge is 2.13. The van der Waals surface area contributed by atoms with Gasteiger partial charge in [-0.2, -0.15) is 0 Å². The third-order valence-corrected chi connectivity index (χ3v) is 2.37. The van der Waals surface area contributed by atoms with Gasteiger partial charge < -0.3 is 15.4 Å². The van der Waals surface area contributed by atoms with Gasteiger partial charge in [0.15, 0.2) is 0 Å². The van der Waals surface area contributed by atoms with Gasteiger partial charge in [0.25, 0.3) is 5.91 Å². The molecular weight excluding hydrogens is 234 g/mol. The van der Waals surface area contributed by atoms with Crippen LogP contribution in [0.15, 0.2) is 18.3 Å². The molecule has 0 fully saturated rings. The molecule has 2 N–H and O–H groups in total. The van der Waals surface area contributed by atoms with E-state index in [9.17, 15) is 9.59 Å². The van der Waals surface area contributed by atoms with Crippen molar-refractivity contribution in [2.45, 2.75) is 13.3 Å². The van der Waals surface area contributed by atoms with Gasteiger partial charge in [0.05, 0.1) is 18.6 Å². The molecule has 0 aliphatic carbocycles. The zero-order chi connectivity index (χ0) is 13.5. The van der Waals surface area contributed by atoms with Crippen LogP contribution < -0.4 is 10.6 Å². The number of carbonyl (C=O) groups excluding carboxylic acids is 2. The standard InChI is InChI=1S/C12H17N3O3/c1-3-18-10(16)6-8-15(2)12-9(11(13)17)5-4-7-14-12/h4-5,7H,3,6,8H2,1-2H3,(H2,13,17). The van der Waals surface area contributed by atoms with Gasteiger partial charge >= 0.3 is 5.97 Å². The minimum absolute atomic E-state index is 0.235. The molecule has 18 heavy (non-hydrogen) atoms. The van der Waals surface area contributed by atoms with Crippen LogP contribution in [0.25, 0.3) is 0 Å². The van der Waals surface area contributed by atoms with E-state index in [1.165, 1.54) is 0 Å². The zero-order valence-corrected chi connectivity index (χ0v) is 10.5. The topological polar surface area (TPSA) is 85.5 Å². The van der Waals surface area contributed by atoms with Gasteiger partial charge in [-0.05, 0) is 19.1 Å². The summed E-state index contributed by atoms with van der Waals surface area (Å²) in [5.74, 6) is -0.351. The second kappa shape index (κ2) is 6.58. The number of hydrogen-bond donors (Lipinski definition) is 1. The van der Waals surface area contributed by atoms with Crippen molar-refractivity contribution in [2.24, 2.45) is 5.73 Å². The molecule has 0 bridgehead atoms. The van der Waals surface area contributed by atoms with E-state index in [-0.39, 0.29) is 12.4 Å². The number of nitrogens with two attached hydrogens (primary N) is 1. The van der Waals surface area contributed by atoms with Gasteiger partial charge in [-0.25, -0.2) is 4.98 Å². The number of esters is 1. The lowest BCUT2D eigenvalue weighted by Crippen LogP contribution is -2.26. The van der Waals surface area contributed by atoms with Crippen molar-refractivity contribution in [3.8, 4) is 0 Å². The van der Waals surface area contributed by atoms with Crippen LogP contribution in [0.3, 0.4) is 0 Å². The number of amides is 1. The molecule has 0 saturated heterocycles. The summed E-state index contributed by atoms with van der Waals surface area (Å²) in [6.07, 6.45) is 1.81. The number of aromatic nitrogens is 1. The maximum absolute atomic E-state index is 11.2. The van der Waals surface area contributed by atoms with Gasteiger partial charge in [0.1, 0.15) is 5.82 Å². The minimum Gasteiger partial charge on any atom is -0.466 e. The first kappa shape index (κ1) is 14.0. The van der Waals surface area contributed by atoms with E-state index in [0.29, 0.717) is 24.5 Å². The fourth-order valence-corrected chi connectivity index (χ4v) is 1.49. The molecule has 0 atom stereocenters. The zero-order valence-electron chi connectivity index (χ0n) is 10.5. The van der Waals surface area contributed by atoms with E-state index >= 15 is 0 Å². The summed E-state index contributed by atoms with van der Waals surface area (Å²) >= 11 is 0. The summed E-state index contributed by atoms with van der Waals surface area (Å²) in [5.41, 5.74) is 5.60. The molecule has 0 saturated carbocycles. The van der Waals surface area contributed by atoms with Gasteiger partial charge in [-0.1, -0.05) is 0 Å². The van der Waals surface area contributed by atoms with Gasteiger partial charge in [-0.3, -0.25) is 9.59 Å². The average molecular weight is 251 g/mol. The monoisotopic (exact) mass is 251 g/mol. The van der Waals surface area contributed by atoms with Gasteiger partial charge in [0.2, 0.25) is 0 Å². The number of pyridine rings is 1. The maximum Gasteiger partial charge on any atom is 0.307 e. The van der Waals surface area contributed by atoms with Crippen LogP contribution >= 0.6 is 0 Å². The highest BCUT2D eigenvalue weighted by Crippen LogP contribution is 2.15. The van der Waals surface area contributed by atoms with Crippen LogP contribution in [0.2, 0.25) is 0 Å². The number of hydrogen-bond acceptors (Lipinski definition) is 5. The summed E-state index contributed by atoms with van der Waals surface area (Å²) in [7, 11) is 1.74. The summed E-state index contributed by atoms with van der Waals surface area (Å²) in [4.78, 5) is 28.3. The van der Waals surface area contributed by atoms with Crippen LogP contribution in [0, 0.1) is 0 Å². The number of carbonyl (C=O) groups is 2. The largest absolute Gasteiger partial charge is 0.466 e. The minimum atomic E-state index is -0.541. The lowest BCUT2D eigenvalue weighted by atomic mass is 10.2. The SMILES string of the molecule is CCOC(=O)CCN(C)c1ncccc1C(N)=O. The molecule has 0 spiro atoms. The smallest absolute Gasteiger partial charge is 0.307 e. The summed E-state index contributed by atoms with van der Waals surface area (Å²) < 4.78 is 4.83. The second-order valence-electron chi connectivity index (χ2n) is 3.72. The van der Waals surface area contributed by atoms with Crippen LogP contribution in [0.5, 0.6) is 0 Å². The van der Waals surface area contributed by atoms with E-state index in [1.807, 2.05) is 0 Å². The highest BCUT2D eigenvalue weighted by molar-refractivity contribution is 5.97. The van der Waals surface area contributed by atoms with Crippen molar-refractivity contribution in [3.63, 3.8) is 0 Å². The third kappa shape index (κ3) is 3.73.